The summed E-state index contributed by atoms with van der Waals surface area (Å²) in [6.07, 6.45) is 0. The van der Waals surface area contributed by atoms with Crippen LogP contribution in [0.25, 0.3) is 0 Å². The topological polar surface area (TPSA) is 58.6 Å². The van der Waals surface area contributed by atoms with Crippen LogP contribution in [0.5, 0.6) is 5.75 Å². The van der Waals surface area contributed by atoms with E-state index in [1.54, 1.807) is 48.0 Å². The summed E-state index contributed by atoms with van der Waals surface area (Å²) in [5.41, 5.74) is 2.87. The maximum Gasteiger partial charge on any atom is 0.255 e. The summed E-state index contributed by atoms with van der Waals surface area (Å²) in [6, 6.07) is 15.0. The second-order valence-corrected chi connectivity index (χ2v) is 10.8. The molecule has 0 bridgehead atoms. The number of carbonyl (C=O) groups excluding carboxylic acids is 2. The van der Waals surface area contributed by atoms with Gasteiger partial charge in [-0.3, -0.25) is 9.59 Å². The van der Waals surface area contributed by atoms with E-state index in [2.05, 4.69) is 64.2 Å². The Balaban J connectivity index is 1.92. The van der Waals surface area contributed by atoms with Crippen molar-refractivity contribution in [1.29, 1.82) is 0 Å². The lowest BCUT2D eigenvalue weighted by molar-refractivity contribution is -0.125. The normalized spacial score (nSPS) is 18.7. The van der Waals surface area contributed by atoms with Gasteiger partial charge in [-0.25, -0.2) is 0 Å². The van der Waals surface area contributed by atoms with Crippen LogP contribution in [-0.4, -0.2) is 42.2 Å². The average molecular weight is 455 g/mol. The van der Waals surface area contributed by atoms with Crippen LogP contribution in [0, 0.1) is 5.92 Å². The molecule has 2 atom stereocenters. The van der Waals surface area contributed by atoms with Gasteiger partial charge in [0.2, 0.25) is 5.91 Å². The van der Waals surface area contributed by atoms with Gasteiger partial charge in [0, 0.05) is 17.9 Å². The standard InChI is InChI=1S/C26H34N2O3S/c1-17(2)15-27-23(29)22-16-32-25(19-7-11-20(12-8-19)26(3,4)5)28(22)24(30)18-9-13-21(31-6)14-10-18/h7-14,17,22,25H,15-16H2,1-6H3,(H,27,29). The van der Waals surface area contributed by atoms with E-state index < -0.39 is 6.04 Å². The quantitative estimate of drug-likeness (QED) is 0.666. The highest BCUT2D eigenvalue weighted by atomic mass is 32.2. The summed E-state index contributed by atoms with van der Waals surface area (Å²) < 4.78 is 5.22. The molecule has 1 heterocycles. The molecule has 0 aliphatic carbocycles. The molecule has 1 aliphatic heterocycles. The minimum absolute atomic E-state index is 0.0548. The molecule has 172 valence electrons. The number of rotatable bonds is 6. The lowest BCUT2D eigenvalue weighted by Gasteiger charge is -2.30. The maximum absolute atomic E-state index is 13.6. The van der Waals surface area contributed by atoms with E-state index in [0.717, 1.165) is 5.56 Å². The number of thioether (sulfide) groups is 1. The first kappa shape index (κ1) is 24.2. The minimum Gasteiger partial charge on any atom is -0.497 e. The number of methoxy groups -OCH3 is 1. The second-order valence-electron chi connectivity index (χ2n) is 9.65. The van der Waals surface area contributed by atoms with Crippen LogP contribution < -0.4 is 10.1 Å². The Morgan fingerprint density at radius 1 is 1.09 bits per heavy atom. The van der Waals surface area contributed by atoms with Gasteiger partial charge in [0.15, 0.2) is 0 Å². The van der Waals surface area contributed by atoms with E-state index >= 15 is 0 Å². The summed E-state index contributed by atoms with van der Waals surface area (Å²) in [5, 5.41) is 2.80. The molecular weight excluding hydrogens is 420 g/mol. The molecule has 1 N–H and O–H groups in total. The van der Waals surface area contributed by atoms with Crippen molar-refractivity contribution in [2.24, 2.45) is 5.92 Å². The van der Waals surface area contributed by atoms with E-state index in [1.807, 2.05) is 0 Å². The summed E-state index contributed by atoms with van der Waals surface area (Å²) in [7, 11) is 1.60. The lowest BCUT2D eigenvalue weighted by Crippen LogP contribution is -2.48. The van der Waals surface area contributed by atoms with Gasteiger partial charge in [0.25, 0.3) is 5.91 Å². The number of hydrogen-bond acceptors (Lipinski definition) is 4. The molecule has 2 aromatic rings. The highest BCUT2D eigenvalue weighted by molar-refractivity contribution is 7.99. The van der Waals surface area contributed by atoms with E-state index in [0.29, 0.717) is 29.5 Å². The molecular formula is C26H34N2O3S. The number of nitrogens with zero attached hydrogens (tertiary/aromatic N) is 1. The largest absolute Gasteiger partial charge is 0.497 e. The van der Waals surface area contributed by atoms with E-state index in [-0.39, 0.29) is 22.6 Å². The van der Waals surface area contributed by atoms with Crippen LogP contribution in [0.4, 0.5) is 0 Å². The fourth-order valence-electron chi connectivity index (χ4n) is 3.67. The molecule has 6 heteroatoms. The molecule has 2 unspecified atom stereocenters. The fourth-order valence-corrected chi connectivity index (χ4v) is 5.10. The second kappa shape index (κ2) is 9.99. The Kier molecular flexibility index (Phi) is 7.55. The zero-order valence-electron chi connectivity index (χ0n) is 19.8. The number of benzene rings is 2. The summed E-state index contributed by atoms with van der Waals surface area (Å²) >= 11 is 1.64. The van der Waals surface area contributed by atoms with Gasteiger partial charge in [0.1, 0.15) is 17.2 Å². The average Bonchev–Trinajstić information content (AvgIpc) is 3.21. The predicted molar refractivity (Wildman–Crippen MR) is 131 cm³/mol. The minimum atomic E-state index is -0.513. The zero-order chi connectivity index (χ0) is 23.5. The summed E-state index contributed by atoms with van der Waals surface area (Å²) in [4.78, 5) is 28.4. The SMILES string of the molecule is COc1ccc(C(=O)N2C(C(=O)NCC(C)C)CSC2c2ccc(C(C)(C)C)cc2)cc1. The molecule has 32 heavy (non-hydrogen) atoms. The molecule has 2 amide bonds. The monoisotopic (exact) mass is 454 g/mol. The first-order valence-corrected chi connectivity index (χ1v) is 12.1. The number of carbonyl (C=O) groups is 2. The van der Waals surface area contributed by atoms with Crippen LogP contribution in [-0.2, 0) is 10.2 Å². The Morgan fingerprint density at radius 2 is 1.72 bits per heavy atom. The third-order valence-corrected chi connectivity index (χ3v) is 6.94. The number of nitrogens with one attached hydrogen (secondary N) is 1. The molecule has 0 saturated carbocycles. The van der Waals surface area contributed by atoms with Crippen LogP contribution >= 0.6 is 11.8 Å². The van der Waals surface area contributed by atoms with E-state index in [9.17, 15) is 9.59 Å². The zero-order valence-corrected chi connectivity index (χ0v) is 20.7. The van der Waals surface area contributed by atoms with Crippen LogP contribution in [0.2, 0.25) is 0 Å². The molecule has 1 saturated heterocycles. The summed E-state index contributed by atoms with van der Waals surface area (Å²) in [6.45, 7) is 11.3. The van der Waals surface area contributed by atoms with Crippen molar-refractivity contribution < 1.29 is 14.3 Å². The third-order valence-electron chi connectivity index (χ3n) is 5.62. The smallest absolute Gasteiger partial charge is 0.255 e. The molecule has 0 radical (unpaired) electrons. The molecule has 2 aromatic carbocycles. The van der Waals surface area contributed by atoms with Crippen molar-refractivity contribution >= 4 is 23.6 Å². The molecule has 0 spiro atoms. The van der Waals surface area contributed by atoms with Gasteiger partial charge in [0.05, 0.1) is 7.11 Å². The highest BCUT2D eigenvalue weighted by Gasteiger charge is 2.42. The van der Waals surface area contributed by atoms with Crippen molar-refractivity contribution in [3.8, 4) is 5.75 Å². The molecule has 5 nitrogen and oxygen atoms in total. The third kappa shape index (κ3) is 5.47. The van der Waals surface area contributed by atoms with Gasteiger partial charge in [-0.2, -0.15) is 0 Å². The highest BCUT2D eigenvalue weighted by Crippen LogP contribution is 2.43. The summed E-state index contributed by atoms with van der Waals surface area (Å²) in [5.74, 6) is 1.36. The predicted octanol–water partition coefficient (Wildman–Crippen LogP) is 5.02. The number of ether oxygens (including phenoxy) is 1. The molecule has 1 fully saturated rings. The van der Waals surface area contributed by atoms with Gasteiger partial charge < -0.3 is 15.0 Å². The molecule has 3 rings (SSSR count). The number of amides is 2. The van der Waals surface area contributed by atoms with Crippen LogP contribution in [0.1, 0.15) is 61.5 Å². The molecule has 0 aromatic heterocycles. The first-order chi connectivity index (χ1) is 15.1. The van der Waals surface area contributed by atoms with Crippen LogP contribution in [0.15, 0.2) is 48.5 Å². The van der Waals surface area contributed by atoms with Crippen molar-refractivity contribution in [3.05, 3.63) is 65.2 Å². The Morgan fingerprint density at radius 3 is 2.25 bits per heavy atom. The van der Waals surface area contributed by atoms with Crippen molar-refractivity contribution in [3.63, 3.8) is 0 Å². The Hall–Kier alpha value is -2.47. The van der Waals surface area contributed by atoms with Gasteiger partial charge in [-0.05, 0) is 46.7 Å². The Bertz CT molecular complexity index is 933. The number of hydrogen-bond donors (Lipinski definition) is 1. The maximum atomic E-state index is 13.6. The van der Waals surface area contributed by atoms with Gasteiger partial charge in [-0.1, -0.05) is 58.9 Å². The van der Waals surface area contributed by atoms with Gasteiger partial charge >= 0.3 is 0 Å². The van der Waals surface area contributed by atoms with Crippen molar-refractivity contribution in [2.75, 3.05) is 19.4 Å². The Labute approximate surface area is 195 Å². The van der Waals surface area contributed by atoms with Crippen molar-refractivity contribution in [1.82, 2.24) is 10.2 Å². The van der Waals surface area contributed by atoms with Crippen LogP contribution in [0.3, 0.4) is 0 Å². The fraction of sp³-hybridized carbons (Fsp3) is 0.462. The van der Waals surface area contributed by atoms with E-state index in [1.165, 1.54) is 5.56 Å². The first-order valence-electron chi connectivity index (χ1n) is 11.1. The van der Waals surface area contributed by atoms with Crippen molar-refractivity contribution in [2.45, 2.75) is 51.4 Å². The molecule has 1 aliphatic rings. The van der Waals surface area contributed by atoms with E-state index in [4.69, 9.17) is 4.74 Å². The van der Waals surface area contributed by atoms with Gasteiger partial charge in [-0.15, -0.1) is 11.8 Å². The lowest BCUT2D eigenvalue weighted by atomic mass is 9.86.